The van der Waals surface area contributed by atoms with Gasteiger partial charge in [0.1, 0.15) is 5.82 Å². The van der Waals surface area contributed by atoms with E-state index >= 15 is 0 Å². The minimum Gasteiger partial charge on any atom is -0.324 e. The fraction of sp³-hybridized carbons (Fsp3) is 0.219. The lowest BCUT2D eigenvalue weighted by Crippen LogP contribution is -2.10. The van der Waals surface area contributed by atoms with Gasteiger partial charge in [0.15, 0.2) is 0 Å². The van der Waals surface area contributed by atoms with Crippen molar-refractivity contribution >= 4 is 32.5 Å². The van der Waals surface area contributed by atoms with Crippen LogP contribution < -0.4 is 0 Å². The molecule has 0 spiro atoms. The number of nitrogens with zero attached hydrogens (tertiary/aromatic N) is 3. The van der Waals surface area contributed by atoms with Gasteiger partial charge < -0.3 is 9.13 Å². The topological polar surface area (TPSA) is 22.8 Å². The number of hydrogen-bond donors (Lipinski definition) is 0. The molecule has 0 fully saturated rings. The summed E-state index contributed by atoms with van der Waals surface area (Å²) < 4.78 is 5.88. The normalized spacial score (nSPS) is 11.9. The van der Waals surface area contributed by atoms with Crippen LogP contribution in [-0.2, 0) is 6.54 Å². The summed E-state index contributed by atoms with van der Waals surface area (Å²) in [6.07, 6.45) is 4.19. The predicted octanol–water partition coefficient (Wildman–Crippen LogP) is 9.00. The number of imidazole rings is 1. The standard InChI is InChI=1S/C32H31N3S/c1-21(2)24-10-9-11-25(22(3)4)27(24)19-35-30-13-6-5-12-29(30)33-32(35)28-20-36-31-15-14-23(18-26(28)31)34-16-7-8-17-34/h5-18,20-22H,19H2,1-4H3. The second kappa shape index (κ2) is 9.11. The number of thiophene rings is 1. The molecule has 0 N–H and O–H groups in total. The van der Waals surface area contributed by atoms with Crippen molar-refractivity contribution < 1.29 is 0 Å². The predicted molar refractivity (Wildman–Crippen MR) is 154 cm³/mol. The first kappa shape index (κ1) is 22.8. The smallest absolute Gasteiger partial charge is 0.142 e. The van der Waals surface area contributed by atoms with Crippen molar-refractivity contribution in [2.45, 2.75) is 46.1 Å². The van der Waals surface area contributed by atoms with Crippen LogP contribution in [0.3, 0.4) is 0 Å². The maximum atomic E-state index is 5.21. The van der Waals surface area contributed by atoms with Crippen molar-refractivity contribution in [3.63, 3.8) is 0 Å². The Bertz CT molecular complexity index is 1640. The second-order valence-corrected chi connectivity index (χ2v) is 11.1. The van der Waals surface area contributed by atoms with Gasteiger partial charge in [0.25, 0.3) is 0 Å². The van der Waals surface area contributed by atoms with Crippen LogP contribution in [0.4, 0.5) is 0 Å². The fourth-order valence-corrected chi connectivity index (χ4v) is 6.26. The first-order valence-electron chi connectivity index (χ1n) is 12.7. The van der Waals surface area contributed by atoms with Crippen LogP contribution >= 0.6 is 11.3 Å². The van der Waals surface area contributed by atoms with Crippen LogP contribution in [-0.4, -0.2) is 14.1 Å². The highest BCUT2D eigenvalue weighted by Gasteiger charge is 2.20. The molecule has 0 bridgehead atoms. The third kappa shape index (κ3) is 3.86. The molecule has 0 aliphatic rings. The first-order chi connectivity index (χ1) is 17.5. The van der Waals surface area contributed by atoms with E-state index in [1.807, 2.05) is 0 Å². The molecule has 3 aromatic carbocycles. The molecule has 0 saturated carbocycles. The summed E-state index contributed by atoms with van der Waals surface area (Å²) in [7, 11) is 0. The number of aromatic nitrogens is 3. The fourth-order valence-electron chi connectivity index (χ4n) is 5.34. The van der Waals surface area contributed by atoms with E-state index in [-0.39, 0.29) is 0 Å². The summed E-state index contributed by atoms with van der Waals surface area (Å²) >= 11 is 1.79. The van der Waals surface area contributed by atoms with Crippen LogP contribution in [0.15, 0.2) is 90.6 Å². The highest BCUT2D eigenvalue weighted by Crippen LogP contribution is 2.38. The second-order valence-electron chi connectivity index (χ2n) is 10.2. The molecule has 0 amide bonds. The molecular weight excluding hydrogens is 458 g/mol. The molecule has 0 aliphatic carbocycles. The number of hydrogen-bond acceptors (Lipinski definition) is 2. The Kier molecular flexibility index (Phi) is 5.77. The van der Waals surface area contributed by atoms with Crippen molar-refractivity contribution in [1.29, 1.82) is 0 Å². The van der Waals surface area contributed by atoms with Crippen LogP contribution in [0.1, 0.15) is 56.2 Å². The molecule has 0 saturated heterocycles. The summed E-state index contributed by atoms with van der Waals surface area (Å²) in [5, 5.41) is 3.53. The largest absolute Gasteiger partial charge is 0.324 e. The molecule has 3 heterocycles. The summed E-state index contributed by atoms with van der Waals surface area (Å²) in [5.41, 5.74) is 8.88. The Morgan fingerprint density at radius 3 is 2.25 bits per heavy atom. The lowest BCUT2D eigenvalue weighted by Gasteiger charge is -2.21. The molecular formula is C32H31N3S. The first-order valence-corrected chi connectivity index (χ1v) is 13.6. The molecule has 0 aliphatic heterocycles. The number of benzene rings is 3. The molecule has 0 atom stereocenters. The lowest BCUT2D eigenvalue weighted by atomic mass is 9.88. The van der Waals surface area contributed by atoms with E-state index in [0.717, 1.165) is 17.9 Å². The third-order valence-electron chi connectivity index (χ3n) is 7.16. The summed E-state index contributed by atoms with van der Waals surface area (Å²) in [6.45, 7) is 10.00. The monoisotopic (exact) mass is 489 g/mol. The van der Waals surface area contributed by atoms with E-state index in [9.17, 15) is 0 Å². The zero-order valence-corrected chi connectivity index (χ0v) is 22.1. The SMILES string of the molecule is CC(C)c1cccc(C(C)C)c1Cn1c(-c2csc3ccc(-n4cccc4)cc23)nc2ccccc21. The highest BCUT2D eigenvalue weighted by atomic mass is 32.1. The van der Waals surface area contributed by atoms with E-state index in [4.69, 9.17) is 4.98 Å². The van der Waals surface area contributed by atoms with Gasteiger partial charge in [-0.3, -0.25) is 0 Å². The number of rotatable bonds is 6. The van der Waals surface area contributed by atoms with Crippen LogP contribution in [0.2, 0.25) is 0 Å². The zero-order valence-electron chi connectivity index (χ0n) is 21.3. The van der Waals surface area contributed by atoms with Gasteiger partial charge in [-0.1, -0.05) is 58.0 Å². The minimum atomic E-state index is 0.461. The highest BCUT2D eigenvalue weighted by molar-refractivity contribution is 7.17. The van der Waals surface area contributed by atoms with E-state index in [2.05, 4.69) is 127 Å². The Balaban J connectivity index is 1.58. The Morgan fingerprint density at radius 2 is 1.53 bits per heavy atom. The van der Waals surface area contributed by atoms with Crippen molar-refractivity contribution in [3.05, 3.63) is 107 Å². The minimum absolute atomic E-state index is 0.461. The van der Waals surface area contributed by atoms with Crippen LogP contribution in [0.25, 0.3) is 38.2 Å². The molecule has 6 rings (SSSR count). The molecule has 0 radical (unpaired) electrons. The van der Waals surface area contributed by atoms with Crippen LogP contribution in [0.5, 0.6) is 0 Å². The van der Waals surface area contributed by atoms with Crippen molar-refractivity contribution in [2.75, 3.05) is 0 Å². The van der Waals surface area contributed by atoms with Gasteiger partial charge in [-0.15, -0.1) is 11.3 Å². The third-order valence-corrected chi connectivity index (χ3v) is 8.13. The van der Waals surface area contributed by atoms with Gasteiger partial charge in [0, 0.05) is 39.1 Å². The maximum absolute atomic E-state index is 5.21. The van der Waals surface area contributed by atoms with E-state index in [1.54, 1.807) is 11.3 Å². The Labute approximate surface area is 216 Å². The van der Waals surface area contributed by atoms with Gasteiger partial charge in [-0.05, 0) is 71.0 Å². The van der Waals surface area contributed by atoms with Gasteiger partial charge in [-0.2, -0.15) is 0 Å². The summed E-state index contributed by atoms with van der Waals surface area (Å²) in [6, 6.07) is 26.2. The number of para-hydroxylation sites is 2. The average Bonchev–Trinajstić information content (AvgIpc) is 3.62. The van der Waals surface area contributed by atoms with Gasteiger partial charge in [-0.25, -0.2) is 4.98 Å². The van der Waals surface area contributed by atoms with Crippen molar-refractivity contribution in [2.24, 2.45) is 0 Å². The van der Waals surface area contributed by atoms with Gasteiger partial charge in [0.2, 0.25) is 0 Å². The van der Waals surface area contributed by atoms with Gasteiger partial charge >= 0.3 is 0 Å². The maximum Gasteiger partial charge on any atom is 0.142 e. The molecule has 0 unspecified atom stereocenters. The van der Waals surface area contributed by atoms with Crippen LogP contribution in [0, 0.1) is 0 Å². The summed E-state index contributed by atoms with van der Waals surface area (Å²) in [4.78, 5) is 5.21. The number of fused-ring (bicyclic) bond motifs is 2. The molecule has 180 valence electrons. The zero-order chi connectivity index (χ0) is 24.8. The van der Waals surface area contributed by atoms with E-state index in [1.165, 1.54) is 43.5 Å². The van der Waals surface area contributed by atoms with Gasteiger partial charge in [0.05, 0.1) is 17.6 Å². The van der Waals surface area contributed by atoms with Crippen molar-refractivity contribution in [1.82, 2.24) is 14.1 Å². The Morgan fingerprint density at radius 1 is 0.806 bits per heavy atom. The quantitative estimate of drug-likeness (QED) is 0.229. The molecule has 3 aromatic heterocycles. The lowest BCUT2D eigenvalue weighted by molar-refractivity contribution is 0.750. The molecule has 3 nitrogen and oxygen atoms in total. The molecule has 36 heavy (non-hydrogen) atoms. The summed E-state index contributed by atoms with van der Waals surface area (Å²) in [5.74, 6) is 1.96. The average molecular weight is 490 g/mol. The Hall–Kier alpha value is -3.63. The van der Waals surface area contributed by atoms with E-state index in [0.29, 0.717) is 11.8 Å². The van der Waals surface area contributed by atoms with Crippen molar-refractivity contribution in [3.8, 4) is 17.1 Å². The molecule has 6 aromatic rings. The van der Waals surface area contributed by atoms with E-state index < -0.39 is 0 Å². The molecule has 4 heteroatoms.